The molecule has 4 aromatic rings. The molecule has 7 nitrogen and oxygen atoms in total. The summed E-state index contributed by atoms with van der Waals surface area (Å²) in [4.78, 5) is 25.4. The third-order valence-electron chi connectivity index (χ3n) is 6.02. The van der Waals surface area contributed by atoms with Crippen LogP contribution >= 0.6 is 11.6 Å². The Morgan fingerprint density at radius 2 is 1.79 bits per heavy atom. The van der Waals surface area contributed by atoms with Crippen molar-refractivity contribution in [3.63, 3.8) is 0 Å². The summed E-state index contributed by atoms with van der Waals surface area (Å²) in [6.45, 7) is 3.03. The molecule has 0 unspecified atom stereocenters. The van der Waals surface area contributed by atoms with Crippen molar-refractivity contribution in [3.05, 3.63) is 88.6 Å². The molecule has 1 aromatic heterocycles. The summed E-state index contributed by atoms with van der Waals surface area (Å²) in [6, 6.07) is 14.6. The van der Waals surface area contributed by atoms with Gasteiger partial charge in [-0.05, 0) is 61.9 Å². The van der Waals surface area contributed by atoms with Crippen LogP contribution in [-0.2, 0) is 17.5 Å². The topological polar surface area (TPSA) is 96.2 Å². The van der Waals surface area contributed by atoms with E-state index in [1.165, 1.54) is 23.0 Å². The Morgan fingerprint density at radius 1 is 1.05 bits per heavy atom. The first kappa shape index (κ1) is 27.2. The lowest BCUT2D eigenvalue weighted by Crippen LogP contribution is -2.38. The number of carbonyl (C=O) groups is 2. The number of anilines is 1. The minimum Gasteiger partial charge on any atom is -0.395 e. The Morgan fingerprint density at radius 3 is 2.50 bits per heavy atom. The van der Waals surface area contributed by atoms with E-state index in [1.54, 1.807) is 50.2 Å². The molecule has 0 aliphatic carbocycles. The number of nitrogens with zero attached hydrogens (tertiary/aromatic N) is 2. The first-order valence-corrected chi connectivity index (χ1v) is 11.9. The summed E-state index contributed by atoms with van der Waals surface area (Å²) in [7, 11) is 0. The molecule has 0 bridgehead atoms. The Balaban J connectivity index is 1.58. The van der Waals surface area contributed by atoms with Gasteiger partial charge in [-0.25, -0.2) is 4.68 Å². The van der Waals surface area contributed by atoms with Crippen molar-refractivity contribution in [2.75, 3.05) is 11.9 Å². The van der Waals surface area contributed by atoms with Crippen LogP contribution in [0.4, 0.5) is 18.9 Å². The molecule has 0 radical (unpaired) electrons. The Hall–Kier alpha value is -3.89. The zero-order valence-electron chi connectivity index (χ0n) is 20.4. The van der Waals surface area contributed by atoms with Crippen molar-refractivity contribution < 1.29 is 27.9 Å². The summed E-state index contributed by atoms with van der Waals surface area (Å²) >= 11 is 6.28. The number of aliphatic hydroxyl groups is 1. The molecular formula is C27H24ClF3N4O3. The smallest absolute Gasteiger partial charge is 0.395 e. The second-order valence-corrected chi connectivity index (χ2v) is 9.74. The quantitative estimate of drug-likeness (QED) is 0.283. The van der Waals surface area contributed by atoms with Crippen molar-refractivity contribution in [2.45, 2.75) is 26.6 Å². The average Bonchev–Trinajstić information content (AvgIpc) is 3.32. The number of halogens is 4. The van der Waals surface area contributed by atoms with Crippen LogP contribution < -0.4 is 10.6 Å². The summed E-state index contributed by atoms with van der Waals surface area (Å²) in [5.41, 5.74) is 0.152. The maximum absolute atomic E-state index is 13.2. The van der Waals surface area contributed by atoms with Gasteiger partial charge in [0.1, 0.15) is 0 Å². The van der Waals surface area contributed by atoms with E-state index in [0.717, 1.165) is 12.1 Å². The molecule has 3 aromatic carbocycles. The van der Waals surface area contributed by atoms with Gasteiger partial charge in [0.2, 0.25) is 5.91 Å². The number of rotatable bonds is 7. The third kappa shape index (κ3) is 5.66. The van der Waals surface area contributed by atoms with Crippen LogP contribution in [0.5, 0.6) is 0 Å². The fourth-order valence-electron chi connectivity index (χ4n) is 3.72. The molecule has 11 heteroatoms. The van der Waals surface area contributed by atoms with Crippen LogP contribution in [0.1, 0.15) is 35.3 Å². The molecule has 2 amide bonds. The van der Waals surface area contributed by atoms with Crippen LogP contribution in [0.15, 0.2) is 66.9 Å². The van der Waals surface area contributed by atoms with Crippen LogP contribution in [0.25, 0.3) is 16.6 Å². The van der Waals surface area contributed by atoms with Gasteiger partial charge in [0.25, 0.3) is 5.91 Å². The molecule has 3 N–H and O–H groups in total. The number of amides is 2. The first-order chi connectivity index (χ1) is 17.9. The van der Waals surface area contributed by atoms with Crippen LogP contribution in [-0.4, -0.2) is 33.3 Å². The third-order valence-corrected chi connectivity index (χ3v) is 6.35. The molecular weight excluding hydrogens is 521 g/mol. The lowest BCUT2D eigenvalue weighted by molar-refractivity contribution is -0.137. The minimum absolute atomic E-state index is 0.124. The normalized spacial score (nSPS) is 12.0. The van der Waals surface area contributed by atoms with E-state index in [9.17, 15) is 27.9 Å². The Kier molecular flexibility index (Phi) is 7.48. The zero-order valence-corrected chi connectivity index (χ0v) is 21.2. The lowest BCUT2D eigenvalue weighted by Gasteiger charge is -2.20. The number of aromatic nitrogens is 2. The van der Waals surface area contributed by atoms with Gasteiger partial charge >= 0.3 is 6.18 Å². The maximum atomic E-state index is 13.2. The monoisotopic (exact) mass is 544 g/mol. The SMILES string of the molecule is CC(C)(CO)C(=O)NCc1ccc(Cl)c(C(=O)Nc2cccc3c2cnn3-c2cccc(C(F)(F)F)c2)c1. The second kappa shape index (κ2) is 10.5. The van der Waals surface area contributed by atoms with E-state index in [0.29, 0.717) is 22.2 Å². The number of benzene rings is 3. The molecule has 0 spiro atoms. The first-order valence-electron chi connectivity index (χ1n) is 11.5. The minimum atomic E-state index is -4.50. The highest BCUT2D eigenvalue weighted by Gasteiger charge is 2.31. The molecule has 4 rings (SSSR count). The number of fused-ring (bicyclic) bond motifs is 1. The van der Waals surface area contributed by atoms with E-state index < -0.39 is 23.1 Å². The fraction of sp³-hybridized carbons (Fsp3) is 0.222. The average molecular weight is 545 g/mol. The molecule has 0 saturated heterocycles. The summed E-state index contributed by atoms with van der Waals surface area (Å²) in [5, 5.41) is 19.8. The number of hydrogen-bond acceptors (Lipinski definition) is 4. The zero-order chi connectivity index (χ0) is 27.7. The molecule has 198 valence electrons. The number of hydrogen-bond donors (Lipinski definition) is 3. The van der Waals surface area contributed by atoms with Gasteiger partial charge in [-0.2, -0.15) is 18.3 Å². The molecule has 0 aliphatic heterocycles. The fourth-order valence-corrected chi connectivity index (χ4v) is 3.92. The van der Waals surface area contributed by atoms with Crippen LogP contribution in [0, 0.1) is 5.41 Å². The number of carbonyl (C=O) groups excluding carboxylic acids is 2. The van der Waals surface area contributed by atoms with Gasteiger partial charge in [-0.15, -0.1) is 0 Å². The summed E-state index contributed by atoms with van der Waals surface area (Å²) < 4.78 is 40.9. The Labute approximate surface area is 221 Å². The van der Waals surface area contributed by atoms with E-state index in [1.807, 2.05) is 0 Å². The predicted octanol–water partition coefficient (Wildman–Crippen LogP) is 5.58. The van der Waals surface area contributed by atoms with Gasteiger partial charge in [0.15, 0.2) is 0 Å². The molecule has 0 fully saturated rings. The molecule has 0 saturated carbocycles. The Bertz CT molecular complexity index is 1520. The molecule has 0 atom stereocenters. The number of alkyl halides is 3. The van der Waals surface area contributed by atoms with E-state index in [4.69, 9.17) is 11.6 Å². The highest BCUT2D eigenvalue weighted by Crippen LogP contribution is 2.32. The van der Waals surface area contributed by atoms with Gasteiger partial charge in [-0.3, -0.25) is 9.59 Å². The predicted molar refractivity (Wildman–Crippen MR) is 138 cm³/mol. The standard InChI is InChI=1S/C27H24ClF3N4O3/c1-26(2,15-36)25(38)32-13-16-9-10-21(28)19(11-16)24(37)34-22-7-4-8-23-20(22)14-33-35(23)18-6-3-5-17(12-18)27(29,30)31/h3-12,14,36H,13,15H2,1-2H3,(H,32,38)(H,34,37). The second-order valence-electron chi connectivity index (χ2n) is 9.34. The van der Waals surface area contributed by atoms with Gasteiger partial charge < -0.3 is 15.7 Å². The number of aliphatic hydroxyl groups excluding tert-OH is 1. The van der Waals surface area contributed by atoms with E-state index >= 15 is 0 Å². The number of nitrogens with one attached hydrogen (secondary N) is 2. The maximum Gasteiger partial charge on any atom is 0.416 e. The largest absolute Gasteiger partial charge is 0.416 e. The lowest BCUT2D eigenvalue weighted by atomic mass is 9.93. The van der Waals surface area contributed by atoms with Crippen molar-refractivity contribution in [1.82, 2.24) is 15.1 Å². The summed E-state index contributed by atoms with van der Waals surface area (Å²) in [5.74, 6) is -0.858. The van der Waals surface area contributed by atoms with Gasteiger partial charge in [-0.1, -0.05) is 29.8 Å². The highest BCUT2D eigenvalue weighted by molar-refractivity contribution is 6.34. The van der Waals surface area contributed by atoms with Gasteiger partial charge in [0, 0.05) is 11.9 Å². The van der Waals surface area contributed by atoms with E-state index in [2.05, 4.69) is 15.7 Å². The van der Waals surface area contributed by atoms with E-state index in [-0.39, 0.29) is 35.3 Å². The van der Waals surface area contributed by atoms with Crippen LogP contribution in [0.3, 0.4) is 0 Å². The molecule has 38 heavy (non-hydrogen) atoms. The molecule has 0 aliphatic rings. The van der Waals surface area contributed by atoms with Crippen LogP contribution in [0.2, 0.25) is 5.02 Å². The van der Waals surface area contributed by atoms with Gasteiger partial charge in [0.05, 0.1) is 51.3 Å². The van der Waals surface area contributed by atoms with Crippen molar-refractivity contribution in [1.29, 1.82) is 0 Å². The highest BCUT2D eigenvalue weighted by atomic mass is 35.5. The van der Waals surface area contributed by atoms with Crippen molar-refractivity contribution >= 4 is 40.0 Å². The van der Waals surface area contributed by atoms with Crippen molar-refractivity contribution in [2.24, 2.45) is 5.41 Å². The summed E-state index contributed by atoms with van der Waals surface area (Å²) in [6.07, 6.45) is -3.04. The van der Waals surface area contributed by atoms with Crippen molar-refractivity contribution in [3.8, 4) is 5.69 Å². The molecule has 1 heterocycles.